The van der Waals surface area contributed by atoms with E-state index in [1.54, 1.807) is 0 Å². The third kappa shape index (κ3) is 2.80. The Labute approximate surface area is 105 Å². The molecule has 7 heteroatoms. The minimum atomic E-state index is -3.66. The van der Waals surface area contributed by atoms with Crippen LogP contribution < -0.4 is 10.5 Å². The third-order valence-electron chi connectivity index (χ3n) is 2.81. The minimum Gasteiger partial charge on any atom is -0.478 e. The van der Waals surface area contributed by atoms with Gasteiger partial charge in [0.25, 0.3) is 0 Å². The molecule has 1 aromatic rings. The lowest BCUT2D eigenvalue weighted by Crippen LogP contribution is -2.26. The molecule has 0 aliphatic heterocycles. The van der Waals surface area contributed by atoms with Crippen LogP contribution in [-0.4, -0.2) is 26.0 Å². The second kappa shape index (κ2) is 4.58. The van der Waals surface area contributed by atoms with Gasteiger partial charge in [0.1, 0.15) is 4.90 Å². The molecule has 1 aliphatic rings. The summed E-state index contributed by atoms with van der Waals surface area (Å²) in [5.41, 5.74) is 5.49. The fourth-order valence-corrected chi connectivity index (χ4v) is 2.78. The predicted molar refractivity (Wildman–Crippen MR) is 65.7 cm³/mol. The monoisotopic (exact) mass is 270 g/mol. The zero-order valence-electron chi connectivity index (χ0n) is 9.59. The Kier molecular flexibility index (Phi) is 3.27. The summed E-state index contributed by atoms with van der Waals surface area (Å²) in [5.74, 6) is -0.726. The molecule has 0 amide bonds. The number of hydrogen-bond acceptors (Lipinski definition) is 4. The normalized spacial score (nSPS) is 15.6. The number of sulfonamides is 1. The Hall–Kier alpha value is -1.60. The van der Waals surface area contributed by atoms with Crippen LogP contribution >= 0.6 is 0 Å². The highest BCUT2D eigenvalue weighted by atomic mass is 32.2. The third-order valence-corrected chi connectivity index (χ3v) is 4.30. The Morgan fingerprint density at radius 3 is 2.61 bits per heavy atom. The molecule has 2 rings (SSSR count). The van der Waals surface area contributed by atoms with Gasteiger partial charge in [0, 0.05) is 6.54 Å². The van der Waals surface area contributed by atoms with E-state index in [4.69, 9.17) is 10.8 Å². The molecule has 6 nitrogen and oxygen atoms in total. The zero-order chi connectivity index (χ0) is 13.3. The van der Waals surface area contributed by atoms with Gasteiger partial charge in [0.2, 0.25) is 10.0 Å². The molecular weight excluding hydrogens is 256 g/mol. The van der Waals surface area contributed by atoms with Crippen molar-refractivity contribution in [2.75, 3.05) is 12.3 Å². The number of nitrogens with two attached hydrogens (primary N) is 1. The van der Waals surface area contributed by atoms with Crippen LogP contribution in [0, 0.1) is 5.92 Å². The lowest BCUT2D eigenvalue weighted by Gasteiger charge is -2.09. The Morgan fingerprint density at radius 2 is 2.11 bits per heavy atom. The quantitative estimate of drug-likeness (QED) is 0.681. The summed E-state index contributed by atoms with van der Waals surface area (Å²) >= 11 is 0. The smallest absolute Gasteiger partial charge is 0.335 e. The molecule has 4 N–H and O–H groups in total. The molecule has 0 atom stereocenters. The van der Waals surface area contributed by atoms with E-state index < -0.39 is 16.0 Å². The molecule has 0 radical (unpaired) electrons. The summed E-state index contributed by atoms with van der Waals surface area (Å²) in [4.78, 5) is 10.6. The molecule has 1 aliphatic carbocycles. The fraction of sp³-hybridized carbons (Fsp3) is 0.364. The summed E-state index contributed by atoms with van der Waals surface area (Å²) in [7, 11) is -3.66. The van der Waals surface area contributed by atoms with Gasteiger partial charge in [-0.3, -0.25) is 0 Å². The number of carboxylic acids is 1. The summed E-state index contributed by atoms with van der Waals surface area (Å²) in [6.07, 6.45) is 2.08. The van der Waals surface area contributed by atoms with E-state index in [1.165, 1.54) is 12.1 Å². The topological polar surface area (TPSA) is 109 Å². The first kappa shape index (κ1) is 12.8. The summed E-state index contributed by atoms with van der Waals surface area (Å²) in [5, 5.41) is 8.77. The van der Waals surface area contributed by atoms with Crippen LogP contribution in [0.4, 0.5) is 5.69 Å². The van der Waals surface area contributed by atoms with Crippen LogP contribution in [0.2, 0.25) is 0 Å². The van der Waals surface area contributed by atoms with E-state index in [2.05, 4.69) is 4.72 Å². The zero-order valence-corrected chi connectivity index (χ0v) is 10.4. The molecule has 1 saturated carbocycles. The summed E-state index contributed by atoms with van der Waals surface area (Å²) in [6, 6.07) is 3.59. The Bertz CT molecular complexity index is 579. The number of anilines is 1. The molecule has 98 valence electrons. The summed E-state index contributed by atoms with van der Waals surface area (Å²) in [6.45, 7) is 0.405. The van der Waals surface area contributed by atoms with E-state index in [0.717, 1.165) is 18.9 Å². The molecule has 0 spiro atoms. The van der Waals surface area contributed by atoms with E-state index in [1.807, 2.05) is 0 Å². The molecule has 0 saturated heterocycles. The van der Waals surface area contributed by atoms with E-state index >= 15 is 0 Å². The fourth-order valence-electron chi connectivity index (χ4n) is 1.55. The number of nitrogens with one attached hydrogen (secondary N) is 1. The van der Waals surface area contributed by atoms with Crippen molar-refractivity contribution in [3.63, 3.8) is 0 Å². The molecule has 0 aromatic heterocycles. The van der Waals surface area contributed by atoms with Gasteiger partial charge in [-0.1, -0.05) is 0 Å². The predicted octanol–water partition coefficient (Wildman–Crippen LogP) is 0.655. The second-order valence-corrected chi connectivity index (χ2v) is 6.09. The van der Waals surface area contributed by atoms with Crippen molar-refractivity contribution in [3.8, 4) is 0 Å². The van der Waals surface area contributed by atoms with E-state index in [-0.39, 0.29) is 16.1 Å². The van der Waals surface area contributed by atoms with Crippen molar-refractivity contribution >= 4 is 21.7 Å². The van der Waals surface area contributed by atoms with Crippen LogP contribution in [0.25, 0.3) is 0 Å². The number of aromatic carboxylic acids is 1. The highest BCUT2D eigenvalue weighted by Gasteiger charge is 2.25. The van der Waals surface area contributed by atoms with Crippen molar-refractivity contribution in [2.24, 2.45) is 5.92 Å². The molecular formula is C11H14N2O4S. The maximum Gasteiger partial charge on any atom is 0.335 e. The maximum atomic E-state index is 11.9. The van der Waals surface area contributed by atoms with Crippen LogP contribution in [-0.2, 0) is 10.0 Å². The SMILES string of the molecule is Nc1cc(C(=O)O)ccc1S(=O)(=O)NCC1CC1. The van der Waals surface area contributed by atoms with Crippen molar-refractivity contribution in [1.29, 1.82) is 0 Å². The highest BCUT2D eigenvalue weighted by Crippen LogP contribution is 2.28. The Balaban J connectivity index is 2.23. The molecule has 0 heterocycles. The number of carbonyl (C=O) groups is 1. The lowest BCUT2D eigenvalue weighted by molar-refractivity contribution is 0.0697. The van der Waals surface area contributed by atoms with Gasteiger partial charge in [0.15, 0.2) is 0 Å². The van der Waals surface area contributed by atoms with Crippen LogP contribution in [0.5, 0.6) is 0 Å². The van der Waals surface area contributed by atoms with E-state index in [9.17, 15) is 13.2 Å². The van der Waals surface area contributed by atoms with Gasteiger partial charge in [-0.15, -0.1) is 0 Å². The van der Waals surface area contributed by atoms with Gasteiger partial charge in [-0.05, 0) is 37.0 Å². The van der Waals surface area contributed by atoms with E-state index in [0.29, 0.717) is 12.5 Å². The van der Waals surface area contributed by atoms with Crippen molar-refractivity contribution in [1.82, 2.24) is 4.72 Å². The number of hydrogen-bond donors (Lipinski definition) is 3. The van der Waals surface area contributed by atoms with Gasteiger partial charge < -0.3 is 10.8 Å². The number of nitrogen functional groups attached to an aromatic ring is 1. The standard InChI is InChI=1S/C11H14N2O4S/c12-9-5-8(11(14)15)3-4-10(9)18(16,17)13-6-7-1-2-7/h3-5,7,13H,1-2,6,12H2,(H,14,15). The first-order valence-corrected chi connectivity index (χ1v) is 7.01. The van der Waals surface area contributed by atoms with Crippen molar-refractivity contribution < 1.29 is 18.3 Å². The lowest BCUT2D eigenvalue weighted by atomic mass is 10.2. The van der Waals surface area contributed by atoms with Gasteiger partial charge in [-0.25, -0.2) is 17.9 Å². The average molecular weight is 270 g/mol. The van der Waals surface area contributed by atoms with Gasteiger partial charge >= 0.3 is 5.97 Å². The number of benzene rings is 1. The number of carboxylic acid groups (broad SMARTS) is 1. The van der Waals surface area contributed by atoms with Crippen LogP contribution in [0.3, 0.4) is 0 Å². The van der Waals surface area contributed by atoms with Gasteiger partial charge in [0.05, 0.1) is 11.3 Å². The summed E-state index contributed by atoms with van der Waals surface area (Å²) < 4.78 is 26.3. The molecule has 1 aromatic carbocycles. The Morgan fingerprint density at radius 1 is 1.44 bits per heavy atom. The first-order valence-electron chi connectivity index (χ1n) is 5.52. The van der Waals surface area contributed by atoms with Crippen LogP contribution in [0.15, 0.2) is 23.1 Å². The van der Waals surface area contributed by atoms with Gasteiger partial charge in [-0.2, -0.15) is 0 Å². The minimum absolute atomic E-state index is 0.0337. The second-order valence-electron chi connectivity index (χ2n) is 4.35. The molecule has 1 fully saturated rings. The van der Waals surface area contributed by atoms with Crippen molar-refractivity contribution in [3.05, 3.63) is 23.8 Å². The highest BCUT2D eigenvalue weighted by molar-refractivity contribution is 7.89. The van der Waals surface area contributed by atoms with Crippen molar-refractivity contribution in [2.45, 2.75) is 17.7 Å². The largest absolute Gasteiger partial charge is 0.478 e. The maximum absolute atomic E-state index is 11.9. The average Bonchev–Trinajstić information content (AvgIpc) is 3.09. The molecule has 18 heavy (non-hydrogen) atoms. The number of rotatable bonds is 5. The first-order chi connectivity index (χ1) is 8.40. The van der Waals surface area contributed by atoms with Crippen LogP contribution in [0.1, 0.15) is 23.2 Å². The molecule has 0 bridgehead atoms. The molecule has 0 unspecified atom stereocenters.